The van der Waals surface area contributed by atoms with Crippen LogP contribution in [0.5, 0.6) is 0 Å². The molecule has 2 aromatic heterocycles. The number of carbonyl (C=O) groups is 3. The molecule has 0 bridgehead atoms. The summed E-state index contributed by atoms with van der Waals surface area (Å²) in [5.74, 6) is -0.774. The molecule has 4 rings (SSSR count). The number of aromatic amines is 1. The van der Waals surface area contributed by atoms with E-state index in [4.69, 9.17) is 4.42 Å². The van der Waals surface area contributed by atoms with Crippen LogP contribution in [0, 0.1) is 5.92 Å². The van der Waals surface area contributed by atoms with E-state index >= 15 is 0 Å². The lowest BCUT2D eigenvalue weighted by Gasteiger charge is -2.19. The maximum absolute atomic E-state index is 12.7. The number of aromatic nitrogens is 2. The maximum atomic E-state index is 12.7. The minimum absolute atomic E-state index is 0.0438. The largest absolute Gasteiger partial charge is 0.451 e. The van der Waals surface area contributed by atoms with Crippen LogP contribution in [0.3, 0.4) is 0 Å². The van der Waals surface area contributed by atoms with Crippen molar-refractivity contribution in [2.45, 2.75) is 43.8 Å². The number of H-pyrrole nitrogens is 1. The number of fused-ring (bicyclic) bond motifs is 1. The van der Waals surface area contributed by atoms with Gasteiger partial charge in [-0.1, -0.05) is 25.1 Å². The second-order valence-corrected chi connectivity index (χ2v) is 10.8. The normalized spacial score (nSPS) is 18.0. The molecule has 36 heavy (non-hydrogen) atoms. The molecule has 2 atom stereocenters. The summed E-state index contributed by atoms with van der Waals surface area (Å²) in [7, 11) is -3.90. The van der Waals surface area contributed by atoms with E-state index in [0.717, 1.165) is 9.69 Å². The van der Waals surface area contributed by atoms with E-state index in [-0.39, 0.29) is 53.9 Å². The highest BCUT2D eigenvalue weighted by Crippen LogP contribution is 2.19. The van der Waals surface area contributed by atoms with Crippen molar-refractivity contribution in [2.75, 3.05) is 19.6 Å². The van der Waals surface area contributed by atoms with Gasteiger partial charge in [0.2, 0.25) is 11.1 Å². The van der Waals surface area contributed by atoms with Crippen molar-refractivity contribution in [1.29, 1.82) is 0 Å². The van der Waals surface area contributed by atoms with Gasteiger partial charge in [0, 0.05) is 37.3 Å². The Bertz CT molecular complexity index is 1300. The van der Waals surface area contributed by atoms with Crippen molar-refractivity contribution >= 4 is 38.6 Å². The molecule has 12 heteroatoms. The zero-order valence-electron chi connectivity index (χ0n) is 19.9. The van der Waals surface area contributed by atoms with Crippen molar-refractivity contribution in [3.05, 3.63) is 48.5 Å². The fourth-order valence-corrected chi connectivity index (χ4v) is 5.47. The van der Waals surface area contributed by atoms with Crippen molar-refractivity contribution in [3.63, 3.8) is 0 Å². The summed E-state index contributed by atoms with van der Waals surface area (Å²) in [6.45, 7) is 2.10. The van der Waals surface area contributed by atoms with Crippen LogP contribution in [-0.2, 0) is 19.6 Å². The van der Waals surface area contributed by atoms with Crippen molar-refractivity contribution in [2.24, 2.45) is 5.92 Å². The third-order valence-electron chi connectivity index (χ3n) is 6.12. The van der Waals surface area contributed by atoms with Gasteiger partial charge < -0.3 is 20.0 Å². The molecule has 11 nitrogen and oxygen atoms in total. The lowest BCUT2D eigenvalue weighted by Crippen LogP contribution is -2.44. The van der Waals surface area contributed by atoms with E-state index in [2.05, 4.69) is 20.6 Å². The molecule has 3 heterocycles. The predicted octanol–water partition coefficient (Wildman–Crippen LogP) is 1.84. The molecule has 1 saturated heterocycles. The van der Waals surface area contributed by atoms with Crippen LogP contribution < -0.4 is 10.6 Å². The van der Waals surface area contributed by atoms with Crippen LogP contribution in [-0.4, -0.2) is 66.0 Å². The Labute approximate surface area is 208 Å². The SMILES string of the molecule is C[C@@H](CCNC(=O)c1cc2ccccc2o1)CC(=O)NC1CCCN(S(=O)(=O)c2ncc[nH]2)CC1=O. The highest BCUT2D eigenvalue weighted by atomic mass is 32.2. The molecule has 0 radical (unpaired) electrons. The standard InChI is InChI=1S/C24H29N5O6S/c1-16(8-9-25-23(32)21-14-17-5-2-3-7-20(17)35-21)13-22(31)28-18-6-4-12-29(15-19(18)30)36(33,34)24-26-10-11-27-24/h2-3,5,7,10-11,14,16,18H,4,6,8-9,12-13,15H2,1H3,(H,25,32)(H,26,27)(H,28,31)/t16-,18?/m0/s1. The lowest BCUT2D eigenvalue weighted by molar-refractivity contribution is -0.128. The summed E-state index contributed by atoms with van der Waals surface area (Å²) in [5.41, 5.74) is 0.641. The number of Topliss-reactive ketones (excluding diaryl/α,β-unsaturated/α-hetero) is 1. The van der Waals surface area contributed by atoms with E-state index in [1.807, 2.05) is 25.1 Å². The van der Waals surface area contributed by atoms with Gasteiger partial charge in [-0.05, 0) is 37.3 Å². The summed E-state index contributed by atoms with van der Waals surface area (Å²) in [6, 6.07) is 8.31. The molecule has 1 unspecified atom stereocenters. The summed E-state index contributed by atoms with van der Waals surface area (Å²) >= 11 is 0. The average molecular weight is 516 g/mol. The van der Waals surface area contributed by atoms with Crippen molar-refractivity contribution < 1.29 is 27.2 Å². The van der Waals surface area contributed by atoms with Gasteiger partial charge in [-0.3, -0.25) is 14.4 Å². The molecular formula is C24H29N5O6S. The number of hydrogen-bond donors (Lipinski definition) is 3. The number of sulfonamides is 1. The first kappa shape index (κ1) is 25.6. The van der Waals surface area contributed by atoms with Crippen LogP contribution in [0.15, 0.2) is 52.3 Å². The molecule has 1 aromatic carbocycles. The third kappa shape index (κ3) is 6.00. The Balaban J connectivity index is 1.22. The van der Waals surface area contributed by atoms with Crippen LogP contribution in [0.4, 0.5) is 0 Å². The second kappa shape index (κ2) is 11.0. The number of ketones is 1. The van der Waals surface area contributed by atoms with Crippen molar-refractivity contribution in [1.82, 2.24) is 24.9 Å². The van der Waals surface area contributed by atoms with E-state index in [9.17, 15) is 22.8 Å². The molecule has 1 fully saturated rings. The van der Waals surface area contributed by atoms with E-state index < -0.39 is 16.1 Å². The Hall–Kier alpha value is -3.51. The van der Waals surface area contributed by atoms with Gasteiger partial charge in [0.15, 0.2) is 11.5 Å². The summed E-state index contributed by atoms with van der Waals surface area (Å²) in [4.78, 5) is 43.9. The summed E-state index contributed by atoms with van der Waals surface area (Å²) in [6.07, 6.45) is 4.27. The Morgan fingerprint density at radius 1 is 1.31 bits per heavy atom. The highest BCUT2D eigenvalue weighted by Gasteiger charge is 2.34. The Morgan fingerprint density at radius 2 is 2.11 bits per heavy atom. The first-order chi connectivity index (χ1) is 17.2. The Kier molecular flexibility index (Phi) is 7.85. The minimum atomic E-state index is -3.90. The zero-order chi connectivity index (χ0) is 25.7. The number of nitrogens with zero attached hydrogens (tertiary/aromatic N) is 2. The number of hydrogen-bond acceptors (Lipinski definition) is 7. The highest BCUT2D eigenvalue weighted by molar-refractivity contribution is 7.89. The van der Waals surface area contributed by atoms with Gasteiger partial charge in [0.1, 0.15) is 5.58 Å². The molecule has 0 spiro atoms. The van der Waals surface area contributed by atoms with Gasteiger partial charge in [0.25, 0.3) is 15.9 Å². The van der Waals surface area contributed by atoms with Crippen LogP contribution in [0.25, 0.3) is 11.0 Å². The smallest absolute Gasteiger partial charge is 0.287 e. The van der Waals surface area contributed by atoms with E-state index in [1.54, 1.807) is 12.1 Å². The molecule has 0 aliphatic carbocycles. The number of amides is 2. The number of para-hydroxylation sites is 1. The average Bonchev–Trinajstić information content (AvgIpc) is 3.49. The molecule has 3 N–H and O–H groups in total. The number of furan rings is 1. The topological polar surface area (TPSA) is 154 Å². The molecule has 0 saturated carbocycles. The number of carbonyl (C=O) groups excluding carboxylic acids is 3. The number of benzene rings is 1. The van der Waals surface area contributed by atoms with Crippen LogP contribution in [0.1, 0.15) is 43.2 Å². The van der Waals surface area contributed by atoms with Crippen LogP contribution >= 0.6 is 0 Å². The molecule has 1 aliphatic heterocycles. The van der Waals surface area contributed by atoms with Gasteiger partial charge in [-0.2, -0.15) is 4.31 Å². The molecule has 1 aliphatic rings. The second-order valence-electron chi connectivity index (χ2n) is 8.96. The first-order valence-corrected chi connectivity index (χ1v) is 13.3. The van der Waals surface area contributed by atoms with Crippen LogP contribution in [0.2, 0.25) is 0 Å². The fourth-order valence-electron chi connectivity index (χ4n) is 4.15. The molecule has 3 aromatic rings. The van der Waals surface area contributed by atoms with E-state index in [1.165, 1.54) is 12.4 Å². The maximum Gasteiger partial charge on any atom is 0.287 e. The van der Waals surface area contributed by atoms with Gasteiger partial charge in [-0.15, -0.1) is 0 Å². The number of rotatable bonds is 9. The predicted molar refractivity (Wildman–Crippen MR) is 130 cm³/mol. The minimum Gasteiger partial charge on any atom is -0.451 e. The molecule has 192 valence electrons. The molecule has 2 amide bonds. The quantitative estimate of drug-likeness (QED) is 0.393. The lowest BCUT2D eigenvalue weighted by atomic mass is 10.0. The molecular weight excluding hydrogens is 486 g/mol. The zero-order valence-corrected chi connectivity index (χ0v) is 20.7. The first-order valence-electron chi connectivity index (χ1n) is 11.8. The summed E-state index contributed by atoms with van der Waals surface area (Å²) < 4.78 is 32.0. The third-order valence-corrected chi connectivity index (χ3v) is 7.82. The van der Waals surface area contributed by atoms with E-state index in [0.29, 0.717) is 31.4 Å². The van der Waals surface area contributed by atoms with Gasteiger partial charge in [-0.25, -0.2) is 13.4 Å². The monoisotopic (exact) mass is 515 g/mol. The number of imidazole rings is 1. The van der Waals surface area contributed by atoms with Crippen molar-refractivity contribution in [3.8, 4) is 0 Å². The summed E-state index contributed by atoms with van der Waals surface area (Å²) in [5, 5.41) is 6.19. The number of nitrogens with one attached hydrogen (secondary N) is 3. The van der Waals surface area contributed by atoms with Gasteiger partial charge >= 0.3 is 0 Å². The fraction of sp³-hybridized carbons (Fsp3) is 0.417. The van der Waals surface area contributed by atoms with Gasteiger partial charge in [0.05, 0.1) is 12.6 Å². The Morgan fingerprint density at radius 3 is 2.86 bits per heavy atom.